The molecule has 0 atom stereocenters. The molecule has 0 fully saturated rings. The Labute approximate surface area is 170 Å². The van der Waals surface area contributed by atoms with Gasteiger partial charge in [0.1, 0.15) is 6.33 Å². The largest absolute Gasteiger partial charge is 0.318 e. The molecule has 0 bridgehead atoms. The van der Waals surface area contributed by atoms with Crippen LogP contribution in [0.15, 0.2) is 66.0 Å². The van der Waals surface area contributed by atoms with Crippen molar-refractivity contribution in [1.82, 2.24) is 19.4 Å². The fourth-order valence-corrected chi connectivity index (χ4v) is 4.23. The second-order valence-electron chi connectivity index (χ2n) is 7.58. The van der Waals surface area contributed by atoms with E-state index in [2.05, 4.69) is 58.0 Å². The van der Waals surface area contributed by atoms with E-state index in [1.807, 2.05) is 36.5 Å². The SMILES string of the molecule is Cc1cc(/C=N\n2cnnc2-c2ccccc2)c(C)n1-c1ccc2c(c1)CCC2. The van der Waals surface area contributed by atoms with Crippen molar-refractivity contribution in [2.75, 3.05) is 0 Å². The molecule has 1 aliphatic rings. The van der Waals surface area contributed by atoms with Crippen LogP contribution in [0.5, 0.6) is 0 Å². The Morgan fingerprint density at radius 2 is 1.79 bits per heavy atom. The van der Waals surface area contributed by atoms with Crippen LogP contribution in [0.4, 0.5) is 0 Å². The van der Waals surface area contributed by atoms with Crippen molar-refractivity contribution >= 4 is 6.21 Å². The Morgan fingerprint density at radius 3 is 2.66 bits per heavy atom. The van der Waals surface area contributed by atoms with Gasteiger partial charge in [-0.25, -0.2) is 0 Å². The van der Waals surface area contributed by atoms with E-state index >= 15 is 0 Å². The third-order valence-corrected chi connectivity index (χ3v) is 5.69. The molecule has 0 amide bonds. The lowest BCUT2D eigenvalue weighted by Gasteiger charge is -2.11. The molecule has 29 heavy (non-hydrogen) atoms. The van der Waals surface area contributed by atoms with Crippen molar-refractivity contribution in [1.29, 1.82) is 0 Å². The van der Waals surface area contributed by atoms with Gasteiger partial charge in [-0.2, -0.15) is 9.78 Å². The molecule has 2 aromatic carbocycles. The fraction of sp³-hybridized carbons (Fsp3) is 0.208. The lowest BCUT2D eigenvalue weighted by atomic mass is 10.1. The van der Waals surface area contributed by atoms with E-state index < -0.39 is 0 Å². The summed E-state index contributed by atoms with van der Waals surface area (Å²) in [5.41, 5.74) is 8.68. The first-order valence-electron chi connectivity index (χ1n) is 10.0. The first-order valence-corrected chi connectivity index (χ1v) is 10.0. The number of fused-ring (bicyclic) bond motifs is 1. The van der Waals surface area contributed by atoms with Gasteiger partial charge in [0.15, 0.2) is 5.82 Å². The minimum Gasteiger partial charge on any atom is -0.318 e. The molecule has 1 aliphatic carbocycles. The predicted octanol–water partition coefficient (Wildman–Crippen LogP) is 4.72. The number of aryl methyl sites for hydroxylation is 3. The maximum atomic E-state index is 4.63. The van der Waals surface area contributed by atoms with Crippen molar-refractivity contribution < 1.29 is 0 Å². The number of rotatable bonds is 4. The Bertz CT molecular complexity index is 1200. The van der Waals surface area contributed by atoms with Crippen molar-refractivity contribution in [3.63, 3.8) is 0 Å². The summed E-state index contributed by atoms with van der Waals surface area (Å²) in [6.07, 6.45) is 7.19. The van der Waals surface area contributed by atoms with Crippen LogP contribution in [-0.4, -0.2) is 25.7 Å². The number of hydrogen-bond donors (Lipinski definition) is 0. The highest BCUT2D eigenvalue weighted by Crippen LogP contribution is 2.27. The molecular weight excluding hydrogens is 358 g/mol. The van der Waals surface area contributed by atoms with Gasteiger partial charge in [0.2, 0.25) is 0 Å². The van der Waals surface area contributed by atoms with E-state index in [1.54, 1.807) is 11.0 Å². The summed E-state index contributed by atoms with van der Waals surface area (Å²) >= 11 is 0. The van der Waals surface area contributed by atoms with Crippen LogP contribution < -0.4 is 0 Å². The second-order valence-corrected chi connectivity index (χ2v) is 7.58. The van der Waals surface area contributed by atoms with Crippen LogP contribution >= 0.6 is 0 Å². The summed E-state index contributed by atoms with van der Waals surface area (Å²) in [5, 5.41) is 12.9. The molecule has 0 unspecified atom stereocenters. The molecule has 0 spiro atoms. The second kappa shape index (κ2) is 7.17. The first kappa shape index (κ1) is 17.6. The summed E-state index contributed by atoms with van der Waals surface area (Å²) < 4.78 is 4.03. The number of benzene rings is 2. The van der Waals surface area contributed by atoms with E-state index in [9.17, 15) is 0 Å². The van der Waals surface area contributed by atoms with Gasteiger partial charge in [-0.05, 0) is 62.4 Å². The summed E-state index contributed by atoms with van der Waals surface area (Å²) in [7, 11) is 0. The van der Waals surface area contributed by atoms with Gasteiger partial charge < -0.3 is 4.57 Å². The zero-order chi connectivity index (χ0) is 19.8. The van der Waals surface area contributed by atoms with E-state index in [4.69, 9.17) is 0 Å². The van der Waals surface area contributed by atoms with Crippen molar-refractivity contribution in [2.45, 2.75) is 33.1 Å². The Hall–Kier alpha value is -3.47. The average molecular weight is 381 g/mol. The smallest absolute Gasteiger partial charge is 0.184 e. The number of nitrogens with zero attached hydrogens (tertiary/aromatic N) is 5. The van der Waals surface area contributed by atoms with Crippen LogP contribution in [0.1, 0.15) is 34.5 Å². The molecule has 5 rings (SSSR count). The highest BCUT2D eigenvalue weighted by molar-refractivity contribution is 5.82. The third-order valence-electron chi connectivity index (χ3n) is 5.69. The highest BCUT2D eigenvalue weighted by Gasteiger charge is 2.14. The molecule has 0 N–H and O–H groups in total. The topological polar surface area (TPSA) is 48.0 Å². The van der Waals surface area contributed by atoms with E-state index in [0.29, 0.717) is 0 Å². The van der Waals surface area contributed by atoms with Crippen molar-refractivity contribution in [3.8, 4) is 17.1 Å². The van der Waals surface area contributed by atoms with Crippen LogP contribution in [0.25, 0.3) is 17.1 Å². The Morgan fingerprint density at radius 1 is 0.966 bits per heavy atom. The summed E-state index contributed by atoms with van der Waals surface area (Å²) in [6, 6.07) is 19.0. The van der Waals surface area contributed by atoms with Gasteiger partial charge in [-0.15, -0.1) is 10.2 Å². The maximum absolute atomic E-state index is 4.63. The van der Waals surface area contributed by atoms with Gasteiger partial charge in [0, 0.05) is 28.2 Å². The molecule has 0 aliphatic heterocycles. The van der Waals surface area contributed by atoms with Gasteiger partial charge in [-0.3, -0.25) is 0 Å². The molecule has 0 radical (unpaired) electrons. The van der Waals surface area contributed by atoms with Gasteiger partial charge >= 0.3 is 0 Å². The fourth-order valence-electron chi connectivity index (χ4n) is 4.23. The predicted molar refractivity (Wildman–Crippen MR) is 116 cm³/mol. The lowest BCUT2D eigenvalue weighted by Crippen LogP contribution is -2.01. The molecular formula is C24H23N5. The number of aromatic nitrogens is 4. The van der Waals surface area contributed by atoms with Crippen LogP contribution in [-0.2, 0) is 12.8 Å². The average Bonchev–Trinajstić information content (AvgIpc) is 3.45. The highest BCUT2D eigenvalue weighted by atomic mass is 15.4. The van der Waals surface area contributed by atoms with Gasteiger partial charge in [0.05, 0.1) is 6.21 Å². The third kappa shape index (κ3) is 3.18. The van der Waals surface area contributed by atoms with Crippen molar-refractivity contribution in [2.24, 2.45) is 5.10 Å². The lowest BCUT2D eigenvalue weighted by molar-refractivity contribution is 0.887. The molecule has 144 valence electrons. The van der Waals surface area contributed by atoms with Crippen LogP contribution in [0.3, 0.4) is 0 Å². The summed E-state index contributed by atoms with van der Waals surface area (Å²) in [5.74, 6) is 0.731. The zero-order valence-corrected chi connectivity index (χ0v) is 16.7. The minimum absolute atomic E-state index is 0.731. The van der Waals surface area contributed by atoms with Crippen molar-refractivity contribution in [3.05, 3.63) is 89.0 Å². The van der Waals surface area contributed by atoms with Gasteiger partial charge in [-0.1, -0.05) is 36.4 Å². The normalized spacial score (nSPS) is 13.3. The number of hydrogen-bond acceptors (Lipinski definition) is 3. The quantitative estimate of drug-likeness (QED) is 0.480. The van der Waals surface area contributed by atoms with Crippen LogP contribution in [0, 0.1) is 13.8 Å². The molecule has 2 aromatic heterocycles. The molecule has 2 heterocycles. The monoisotopic (exact) mass is 381 g/mol. The minimum atomic E-state index is 0.731. The molecule has 5 heteroatoms. The summed E-state index contributed by atoms with van der Waals surface area (Å²) in [4.78, 5) is 0. The van der Waals surface area contributed by atoms with E-state index in [0.717, 1.165) is 17.0 Å². The molecule has 4 aromatic rings. The maximum Gasteiger partial charge on any atom is 0.184 e. The standard InChI is InChI=1S/C24H23N5/c1-17-13-22(15-26-28-16-25-27-24(28)20-7-4-3-5-8-20)18(2)29(17)23-12-11-19-9-6-10-21(19)14-23/h3-5,7-8,11-16H,6,9-10H2,1-2H3/b26-15-. The zero-order valence-electron chi connectivity index (χ0n) is 16.7. The van der Waals surface area contributed by atoms with Gasteiger partial charge in [0.25, 0.3) is 0 Å². The Balaban J connectivity index is 1.48. The molecule has 0 saturated carbocycles. The first-order chi connectivity index (χ1) is 14.2. The van der Waals surface area contributed by atoms with E-state index in [1.165, 1.54) is 47.5 Å². The van der Waals surface area contributed by atoms with E-state index in [-0.39, 0.29) is 0 Å². The summed E-state index contributed by atoms with van der Waals surface area (Å²) in [6.45, 7) is 4.29. The Kier molecular flexibility index (Phi) is 4.35. The molecule has 5 nitrogen and oxygen atoms in total. The van der Waals surface area contributed by atoms with Crippen LogP contribution in [0.2, 0.25) is 0 Å². The molecule has 0 saturated heterocycles.